The molecule has 2 atom stereocenters. The third-order valence-electron chi connectivity index (χ3n) is 4.55. The molecule has 0 bridgehead atoms. The van der Waals surface area contributed by atoms with E-state index in [1.54, 1.807) is 0 Å². The molecule has 18 heavy (non-hydrogen) atoms. The number of hydrogen-bond donors (Lipinski definition) is 3. The molecule has 2 aliphatic rings. The van der Waals surface area contributed by atoms with Crippen LogP contribution in [0.25, 0.3) is 0 Å². The van der Waals surface area contributed by atoms with Gasteiger partial charge >= 0.3 is 0 Å². The highest BCUT2D eigenvalue weighted by Gasteiger charge is 2.27. The molecule has 0 spiro atoms. The van der Waals surface area contributed by atoms with E-state index in [2.05, 4.69) is 10.6 Å². The first-order chi connectivity index (χ1) is 8.79. The van der Waals surface area contributed by atoms with Crippen molar-refractivity contribution in [3.8, 4) is 0 Å². The largest absolute Gasteiger partial charge is 0.353 e. The Labute approximate surface area is 110 Å². The Morgan fingerprint density at radius 3 is 2.72 bits per heavy atom. The van der Waals surface area contributed by atoms with E-state index in [9.17, 15) is 4.79 Å². The standard InChI is InChI=1S/C14H27N3O/c15-10-12-2-1-3-13(12)17-14(18)5-4-11-6-8-16-9-7-11/h11-13,16H,1-10,15H2,(H,17,18). The van der Waals surface area contributed by atoms with E-state index in [1.807, 2.05) is 0 Å². The third-order valence-corrected chi connectivity index (χ3v) is 4.55. The van der Waals surface area contributed by atoms with E-state index < -0.39 is 0 Å². The molecule has 1 saturated carbocycles. The van der Waals surface area contributed by atoms with Crippen LogP contribution in [0.2, 0.25) is 0 Å². The minimum absolute atomic E-state index is 0.235. The number of carbonyl (C=O) groups is 1. The van der Waals surface area contributed by atoms with Gasteiger partial charge in [-0.25, -0.2) is 0 Å². The van der Waals surface area contributed by atoms with Crippen molar-refractivity contribution in [3.05, 3.63) is 0 Å². The number of carbonyl (C=O) groups excluding carboxylic acids is 1. The van der Waals surface area contributed by atoms with Gasteiger partial charge in [-0.15, -0.1) is 0 Å². The van der Waals surface area contributed by atoms with Gasteiger partial charge < -0.3 is 16.4 Å². The van der Waals surface area contributed by atoms with Crippen molar-refractivity contribution < 1.29 is 4.79 Å². The summed E-state index contributed by atoms with van der Waals surface area (Å²) in [5.41, 5.74) is 5.73. The zero-order chi connectivity index (χ0) is 12.8. The van der Waals surface area contributed by atoms with E-state index in [-0.39, 0.29) is 5.91 Å². The SMILES string of the molecule is NCC1CCCC1NC(=O)CCC1CCNCC1. The van der Waals surface area contributed by atoms with Crippen LogP contribution in [0, 0.1) is 11.8 Å². The smallest absolute Gasteiger partial charge is 0.220 e. The number of rotatable bonds is 5. The average Bonchev–Trinajstić information content (AvgIpc) is 2.85. The van der Waals surface area contributed by atoms with Crippen LogP contribution in [-0.4, -0.2) is 31.6 Å². The Kier molecular flexibility index (Phi) is 5.45. The minimum Gasteiger partial charge on any atom is -0.353 e. The van der Waals surface area contributed by atoms with E-state index in [4.69, 9.17) is 5.73 Å². The van der Waals surface area contributed by atoms with Crippen molar-refractivity contribution in [2.24, 2.45) is 17.6 Å². The molecule has 0 aromatic carbocycles. The Morgan fingerprint density at radius 2 is 2.00 bits per heavy atom. The molecular formula is C14H27N3O. The molecule has 1 heterocycles. The first-order valence-corrected chi connectivity index (χ1v) is 7.49. The molecule has 0 aromatic rings. The van der Waals surface area contributed by atoms with Gasteiger partial charge in [0, 0.05) is 12.5 Å². The Balaban J connectivity index is 1.65. The van der Waals surface area contributed by atoms with Gasteiger partial charge in [-0.2, -0.15) is 0 Å². The van der Waals surface area contributed by atoms with Crippen molar-refractivity contribution in [2.45, 2.75) is 51.0 Å². The number of amides is 1. The summed E-state index contributed by atoms with van der Waals surface area (Å²) in [7, 11) is 0. The van der Waals surface area contributed by atoms with Gasteiger partial charge in [-0.05, 0) is 63.6 Å². The molecule has 4 nitrogen and oxygen atoms in total. The quantitative estimate of drug-likeness (QED) is 0.685. The summed E-state index contributed by atoms with van der Waals surface area (Å²) >= 11 is 0. The van der Waals surface area contributed by atoms with Crippen molar-refractivity contribution >= 4 is 5.91 Å². The summed E-state index contributed by atoms with van der Waals surface area (Å²) in [6.07, 6.45) is 7.69. The second kappa shape index (κ2) is 7.10. The maximum absolute atomic E-state index is 11.9. The second-order valence-electron chi connectivity index (χ2n) is 5.83. The van der Waals surface area contributed by atoms with Gasteiger partial charge in [-0.3, -0.25) is 4.79 Å². The second-order valence-corrected chi connectivity index (χ2v) is 5.83. The van der Waals surface area contributed by atoms with Gasteiger partial charge in [0.15, 0.2) is 0 Å². The lowest BCUT2D eigenvalue weighted by Gasteiger charge is -2.23. The number of piperidine rings is 1. The summed E-state index contributed by atoms with van der Waals surface area (Å²) < 4.78 is 0. The molecule has 2 rings (SSSR count). The predicted octanol–water partition coefficient (Wildman–Crippen LogP) is 1.01. The molecule has 0 radical (unpaired) electrons. The summed E-state index contributed by atoms with van der Waals surface area (Å²) in [6, 6.07) is 0.343. The normalized spacial score (nSPS) is 29.4. The zero-order valence-corrected chi connectivity index (χ0v) is 11.3. The fraction of sp³-hybridized carbons (Fsp3) is 0.929. The summed E-state index contributed by atoms with van der Waals surface area (Å²) in [5, 5.41) is 6.54. The molecule has 2 fully saturated rings. The molecule has 2 unspecified atom stereocenters. The van der Waals surface area contributed by atoms with Crippen molar-refractivity contribution in [1.82, 2.24) is 10.6 Å². The number of nitrogens with two attached hydrogens (primary N) is 1. The first-order valence-electron chi connectivity index (χ1n) is 7.49. The molecule has 4 N–H and O–H groups in total. The van der Waals surface area contributed by atoms with Crippen LogP contribution in [0.4, 0.5) is 0 Å². The zero-order valence-electron chi connectivity index (χ0n) is 11.3. The lowest BCUT2D eigenvalue weighted by Crippen LogP contribution is -2.40. The molecule has 1 aliphatic heterocycles. The molecule has 4 heteroatoms. The highest BCUT2D eigenvalue weighted by Crippen LogP contribution is 2.25. The average molecular weight is 253 g/mol. The maximum Gasteiger partial charge on any atom is 0.220 e. The lowest BCUT2D eigenvalue weighted by atomic mass is 9.93. The Morgan fingerprint density at radius 1 is 1.22 bits per heavy atom. The minimum atomic E-state index is 0.235. The molecule has 1 aliphatic carbocycles. The maximum atomic E-state index is 11.9. The fourth-order valence-corrected chi connectivity index (χ4v) is 3.29. The van der Waals surface area contributed by atoms with E-state index >= 15 is 0 Å². The van der Waals surface area contributed by atoms with E-state index in [0.717, 1.165) is 31.8 Å². The van der Waals surface area contributed by atoms with Crippen LogP contribution in [-0.2, 0) is 4.79 Å². The molecule has 104 valence electrons. The molecule has 1 saturated heterocycles. The fourth-order valence-electron chi connectivity index (χ4n) is 3.29. The monoisotopic (exact) mass is 253 g/mol. The van der Waals surface area contributed by atoms with Crippen molar-refractivity contribution in [2.75, 3.05) is 19.6 Å². The van der Waals surface area contributed by atoms with Crippen LogP contribution < -0.4 is 16.4 Å². The lowest BCUT2D eigenvalue weighted by molar-refractivity contribution is -0.122. The van der Waals surface area contributed by atoms with Crippen LogP contribution in [0.5, 0.6) is 0 Å². The summed E-state index contributed by atoms with van der Waals surface area (Å²) in [4.78, 5) is 11.9. The van der Waals surface area contributed by atoms with Crippen molar-refractivity contribution in [1.29, 1.82) is 0 Å². The van der Waals surface area contributed by atoms with Gasteiger partial charge in [0.05, 0.1) is 0 Å². The Hall–Kier alpha value is -0.610. The molecule has 1 amide bonds. The van der Waals surface area contributed by atoms with Crippen LogP contribution >= 0.6 is 0 Å². The van der Waals surface area contributed by atoms with Gasteiger partial charge in [0.1, 0.15) is 0 Å². The summed E-state index contributed by atoms with van der Waals surface area (Å²) in [6.45, 7) is 2.94. The van der Waals surface area contributed by atoms with Gasteiger partial charge in [-0.1, -0.05) is 6.42 Å². The Bertz CT molecular complexity index is 264. The van der Waals surface area contributed by atoms with E-state index in [1.165, 1.54) is 25.7 Å². The highest BCUT2D eigenvalue weighted by atomic mass is 16.1. The van der Waals surface area contributed by atoms with Crippen molar-refractivity contribution in [3.63, 3.8) is 0 Å². The van der Waals surface area contributed by atoms with Gasteiger partial charge in [0.25, 0.3) is 0 Å². The highest BCUT2D eigenvalue weighted by molar-refractivity contribution is 5.76. The third kappa shape index (κ3) is 3.95. The topological polar surface area (TPSA) is 67.1 Å². The van der Waals surface area contributed by atoms with Crippen LogP contribution in [0.15, 0.2) is 0 Å². The van der Waals surface area contributed by atoms with Gasteiger partial charge in [0.2, 0.25) is 5.91 Å². The van der Waals surface area contributed by atoms with E-state index in [0.29, 0.717) is 24.9 Å². The number of hydrogen-bond acceptors (Lipinski definition) is 3. The van der Waals surface area contributed by atoms with Crippen LogP contribution in [0.1, 0.15) is 44.9 Å². The van der Waals surface area contributed by atoms with Crippen LogP contribution in [0.3, 0.4) is 0 Å². The predicted molar refractivity (Wildman–Crippen MR) is 73.2 cm³/mol. The summed E-state index contributed by atoms with van der Waals surface area (Å²) in [5.74, 6) is 1.48. The molecular weight excluding hydrogens is 226 g/mol. The number of nitrogens with one attached hydrogen (secondary N) is 2. The molecule has 0 aromatic heterocycles. The first kappa shape index (κ1) is 13.8.